The van der Waals surface area contributed by atoms with Crippen LogP contribution in [0.3, 0.4) is 0 Å². The van der Waals surface area contributed by atoms with Crippen molar-refractivity contribution in [1.82, 2.24) is 4.90 Å². The molecule has 1 aliphatic rings. The van der Waals surface area contributed by atoms with Crippen molar-refractivity contribution in [1.29, 1.82) is 0 Å². The van der Waals surface area contributed by atoms with Crippen molar-refractivity contribution in [2.75, 3.05) is 19.7 Å². The first-order chi connectivity index (χ1) is 10.8. The lowest BCUT2D eigenvalue weighted by Crippen LogP contribution is -2.46. The number of carboxylic acid groups (broad SMARTS) is 1. The highest BCUT2D eigenvalue weighted by Gasteiger charge is 2.27. The van der Waals surface area contributed by atoms with E-state index in [1.165, 1.54) is 0 Å². The smallest absolute Gasteiger partial charge is 0.306 e. The van der Waals surface area contributed by atoms with Gasteiger partial charge in [0.25, 0.3) is 5.91 Å². The Labute approximate surface area is 143 Å². The fraction of sp³-hybridized carbons (Fsp3) is 0.500. The van der Waals surface area contributed by atoms with Crippen molar-refractivity contribution in [3.8, 4) is 5.75 Å². The Kier molecular flexibility index (Phi) is 6.01. The molecule has 1 heterocycles. The lowest BCUT2D eigenvalue weighted by atomic mass is 10.1. The molecule has 7 heteroatoms. The number of hydrogen-bond acceptors (Lipinski definition) is 4. The zero-order valence-electron chi connectivity index (χ0n) is 13.1. The third kappa shape index (κ3) is 5.21. The lowest BCUT2D eigenvalue weighted by molar-refractivity contribution is -0.141. The van der Waals surface area contributed by atoms with Crippen molar-refractivity contribution >= 4 is 27.8 Å². The molecule has 0 aromatic heterocycles. The molecule has 6 nitrogen and oxygen atoms in total. The molecule has 1 N–H and O–H groups in total. The number of morpholine rings is 1. The first kappa shape index (κ1) is 17.7. The van der Waals surface area contributed by atoms with Crippen LogP contribution in [0, 0.1) is 0 Å². The van der Waals surface area contributed by atoms with Crippen LogP contribution in [0.25, 0.3) is 0 Å². The number of ether oxygens (including phenoxy) is 2. The molecule has 2 rings (SSSR count). The van der Waals surface area contributed by atoms with Gasteiger partial charge in [-0.05, 0) is 32.0 Å². The number of benzene rings is 1. The first-order valence-electron chi connectivity index (χ1n) is 7.45. The molecule has 0 saturated carbocycles. The summed E-state index contributed by atoms with van der Waals surface area (Å²) < 4.78 is 11.8. The second-order valence-corrected chi connectivity index (χ2v) is 6.60. The lowest BCUT2D eigenvalue weighted by Gasteiger charge is -2.32. The number of carbonyl (C=O) groups excluding carboxylic acids is 1. The number of rotatable bonds is 5. The monoisotopic (exact) mass is 385 g/mol. The average Bonchev–Trinajstić information content (AvgIpc) is 2.44. The highest BCUT2D eigenvalue weighted by atomic mass is 79.9. The molecule has 1 fully saturated rings. The van der Waals surface area contributed by atoms with Crippen LogP contribution in [-0.4, -0.2) is 53.8 Å². The maximum atomic E-state index is 12.7. The quantitative estimate of drug-likeness (QED) is 0.842. The summed E-state index contributed by atoms with van der Waals surface area (Å²) in [6, 6.07) is 5.25. The Morgan fingerprint density at radius 3 is 2.83 bits per heavy atom. The summed E-state index contributed by atoms with van der Waals surface area (Å²) in [5.74, 6) is -0.467. The van der Waals surface area contributed by atoms with Gasteiger partial charge in [-0.2, -0.15) is 0 Å². The van der Waals surface area contributed by atoms with Crippen molar-refractivity contribution in [2.24, 2.45) is 0 Å². The maximum absolute atomic E-state index is 12.7. The van der Waals surface area contributed by atoms with E-state index in [0.29, 0.717) is 24.5 Å². The third-order valence-electron chi connectivity index (χ3n) is 3.32. The van der Waals surface area contributed by atoms with Crippen molar-refractivity contribution in [3.05, 3.63) is 28.2 Å². The average molecular weight is 386 g/mol. The predicted octanol–water partition coefficient (Wildman–Crippen LogP) is 2.55. The predicted molar refractivity (Wildman–Crippen MR) is 87.8 cm³/mol. The summed E-state index contributed by atoms with van der Waals surface area (Å²) in [5.41, 5.74) is 0.506. The van der Waals surface area contributed by atoms with Crippen molar-refractivity contribution < 1.29 is 24.2 Å². The molecule has 1 amide bonds. The molecule has 1 atom stereocenters. The molecule has 1 unspecified atom stereocenters. The molecular weight excluding hydrogens is 366 g/mol. The minimum Gasteiger partial charge on any atom is -0.491 e. The molecule has 0 spiro atoms. The first-order valence-corrected chi connectivity index (χ1v) is 8.24. The molecule has 1 aromatic rings. The largest absolute Gasteiger partial charge is 0.491 e. The van der Waals surface area contributed by atoms with Gasteiger partial charge in [0.05, 0.1) is 25.2 Å². The molecule has 23 heavy (non-hydrogen) atoms. The van der Waals surface area contributed by atoms with Crippen LogP contribution in [0.5, 0.6) is 5.75 Å². The number of halogens is 1. The van der Waals surface area contributed by atoms with Gasteiger partial charge in [-0.3, -0.25) is 9.59 Å². The van der Waals surface area contributed by atoms with Crippen molar-refractivity contribution in [2.45, 2.75) is 32.5 Å². The van der Waals surface area contributed by atoms with Crippen LogP contribution in [0.15, 0.2) is 22.7 Å². The van der Waals surface area contributed by atoms with E-state index >= 15 is 0 Å². The van der Waals surface area contributed by atoms with Crippen molar-refractivity contribution in [3.63, 3.8) is 0 Å². The molecule has 126 valence electrons. The molecule has 1 aliphatic heterocycles. The van der Waals surface area contributed by atoms with Crippen LogP contribution < -0.4 is 4.74 Å². The standard InChI is InChI=1S/C16H20BrNO5/c1-10(2)23-13-6-11(5-12(17)7-13)16(21)18-3-4-22-14(9-18)8-15(19)20/h5-7,10,14H,3-4,8-9H2,1-2H3,(H,19,20). The van der Waals surface area contributed by atoms with E-state index in [9.17, 15) is 9.59 Å². The molecular formula is C16H20BrNO5. The second-order valence-electron chi connectivity index (χ2n) is 5.68. The molecule has 1 saturated heterocycles. The Bertz CT molecular complexity index is 590. The number of aliphatic carboxylic acids is 1. The zero-order valence-corrected chi connectivity index (χ0v) is 14.7. The number of amides is 1. The van der Waals surface area contributed by atoms with E-state index in [4.69, 9.17) is 14.6 Å². The summed E-state index contributed by atoms with van der Waals surface area (Å²) in [7, 11) is 0. The van der Waals surface area contributed by atoms with Gasteiger partial charge in [-0.25, -0.2) is 0 Å². The Balaban J connectivity index is 2.12. The summed E-state index contributed by atoms with van der Waals surface area (Å²) >= 11 is 3.39. The maximum Gasteiger partial charge on any atom is 0.306 e. The minimum atomic E-state index is -0.931. The van der Waals surface area contributed by atoms with Gasteiger partial charge in [0.1, 0.15) is 5.75 Å². The number of carbonyl (C=O) groups is 2. The summed E-state index contributed by atoms with van der Waals surface area (Å²) in [4.78, 5) is 25.1. The summed E-state index contributed by atoms with van der Waals surface area (Å²) in [6.45, 7) is 4.90. The number of hydrogen-bond donors (Lipinski definition) is 1. The minimum absolute atomic E-state index is 0.00980. The van der Waals surface area contributed by atoms with Gasteiger partial charge in [0.2, 0.25) is 0 Å². The summed E-state index contributed by atoms with van der Waals surface area (Å²) in [6.07, 6.45) is -0.566. The van der Waals surface area contributed by atoms with E-state index in [-0.39, 0.29) is 25.0 Å². The van der Waals surface area contributed by atoms with Gasteiger partial charge < -0.3 is 19.5 Å². The van der Waals surface area contributed by atoms with Crippen LogP contribution in [0.2, 0.25) is 0 Å². The Morgan fingerprint density at radius 1 is 1.43 bits per heavy atom. The highest BCUT2D eigenvalue weighted by Crippen LogP contribution is 2.24. The van der Waals surface area contributed by atoms with E-state index in [1.807, 2.05) is 19.9 Å². The van der Waals surface area contributed by atoms with Gasteiger partial charge in [0, 0.05) is 23.1 Å². The molecule has 0 radical (unpaired) electrons. The van der Waals surface area contributed by atoms with E-state index in [2.05, 4.69) is 15.9 Å². The fourth-order valence-electron chi connectivity index (χ4n) is 2.43. The normalized spacial score (nSPS) is 18.1. The van der Waals surface area contributed by atoms with Gasteiger partial charge in [0.15, 0.2) is 0 Å². The zero-order chi connectivity index (χ0) is 17.0. The topological polar surface area (TPSA) is 76.1 Å². The second kappa shape index (κ2) is 7.79. The molecule has 0 bridgehead atoms. The third-order valence-corrected chi connectivity index (χ3v) is 3.78. The number of nitrogens with zero attached hydrogens (tertiary/aromatic N) is 1. The van der Waals surface area contributed by atoms with Gasteiger partial charge >= 0.3 is 5.97 Å². The van der Waals surface area contributed by atoms with E-state index in [0.717, 1.165) is 4.47 Å². The SMILES string of the molecule is CC(C)Oc1cc(Br)cc(C(=O)N2CCOC(CC(=O)O)C2)c1. The van der Waals surface area contributed by atoms with Gasteiger partial charge in [-0.1, -0.05) is 15.9 Å². The Hall–Kier alpha value is -1.60. The number of carboxylic acids is 1. The van der Waals surface area contributed by atoms with E-state index in [1.54, 1.807) is 17.0 Å². The van der Waals surface area contributed by atoms with Crippen LogP contribution >= 0.6 is 15.9 Å². The molecule has 1 aromatic carbocycles. The van der Waals surface area contributed by atoms with Crippen LogP contribution in [0.4, 0.5) is 0 Å². The van der Waals surface area contributed by atoms with Crippen LogP contribution in [0.1, 0.15) is 30.6 Å². The fourth-order valence-corrected chi connectivity index (χ4v) is 2.90. The van der Waals surface area contributed by atoms with E-state index < -0.39 is 12.1 Å². The van der Waals surface area contributed by atoms with Gasteiger partial charge in [-0.15, -0.1) is 0 Å². The highest BCUT2D eigenvalue weighted by molar-refractivity contribution is 9.10. The molecule has 0 aliphatic carbocycles. The summed E-state index contributed by atoms with van der Waals surface area (Å²) in [5, 5.41) is 8.86. The van der Waals surface area contributed by atoms with Crippen LogP contribution in [-0.2, 0) is 9.53 Å². The Morgan fingerprint density at radius 2 is 2.17 bits per heavy atom.